The van der Waals surface area contributed by atoms with Crippen LogP contribution in [-0.2, 0) is 12.6 Å². The molecule has 0 aliphatic heterocycles. The summed E-state index contributed by atoms with van der Waals surface area (Å²) in [6.45, 7) is 2.42. The molecule has 24 heavy (non-hydrogen) atoms. The van der Waals surface area contributed by atoms with Crippen molar-refractivity contribution in [3.63, 3.8) is 0 Å². The minimum atomic E-state index is -4.35. The number of benzene rings is 1. The molecule has 0 bridgehead atoms. The number of hydrogen-bond acceptors (Lipinski definition) is 5. The van der Waals surface area contributed by atoms with E-state index in [0.717, 1.165) is 23.0 Å². The van der Waals surface area contributed by atoms with E-state index in [2.05, 4.69) is 15.3 Å². The van der Waals surface area contributed by atoms with Gasteiger partial charge >= 0.3 is 6.18 Å². The highest BCUT2D eigenvalue weighted by molar-refractivity contribution is 7.15. The quantitative estimate of drug-likeness (QED) is 0.717. The van der Waals surface area contributed by atoms with Crippen molar-refractivity contribution in [3.8, 4) is 11.5 Å². The Labute approximate surface area is 140 Å². The number of rotatable bonds is 5. The van der Waals surface area contributed by atoms with Crippen LogP contribution in [-0.4, -0.2) is 16.5 Å². The Hall–Kier alpha value is -2.35. The smallest absolute Gasteiger partial charge is 0.427 e. The zero-order chi connectivity index (χ0) is 17.2. The second-order valence-corrected chi connectivity index (χ2v) is 6.24. The topological polar surface area (TPSA) is 51.0 Å². The zero-order valence-corrected chi connectivity index (χ0v) is 13.5. The molecule has 0 spiro atoms. The predicted octanol–water partition coefficient (Wildman–Crippen LogP) is 4.78. The van der Waals surface area contributed by atoms with Crippen LogP contribution in [0.3, 0.4) is 0 Å². The molecule has 0 amide bonds. The van der Waals surface area contributed by atoms with E-state index >= 15 is 0 Å². The van der Waals surface area contributed by atoms with Crippen LogP contribution in [0.5, 0.6) is 0 Å². The van der Waals surface area contributed by atoms with Crippen LogP contribution in [0.1, 0.15) is 16.1 Å². The van der Waals surface area contributed by atoms with E-state index in [-0.39, 0.29) is 5.13 Å². The van der Waals surface area contributed by atoms with E-state index in [9.17, 15) is 13.2 Å². The van der Waals surface area contributed by atoms with E-state index in [1.54, 1.807) is 6.26 Å². The average Bonchev–Trinajstić information content (AvgIpc) is 3.17. The van der Waals surface area contributed by atoms with Gasteiger partial charge in [-0.05, 0) is 19.1 Å². The largest absolute Gasteiger partial charge is 0.444 e. The maximum atomic E-state index is 12.5. The molecule has 126 valence electrons. The number of aromatic nitrogens is 2. The summed E-state index contributed by atoms with van der Waals surface area (Å²) in [5, 5.41) is 3.11. The Morgan fingerprint density at radius 3 is 2.62 bits per heavy atom. The van der Waals surface area contributed by atoms with Crippen LogP contribution in [0.2, 0.25) is 0 Å². The molecule has 3 aromatic rings. The number of oxazole rings is 1. The van der Waals surface area contributed by atoms with Crippen LogP contribution in [0.25, 0.3) is 11.5 Å². The first-order valence-electron chi connectivity index (χ1n) is 7.20. The van der Waals surface area contributed by atoms with Crippen LogP contribution >= 0.6 is 11.3 Å². The Bertz CT molecular complexity index is 809. The summed E-state index contributed by atoms with van der Waals surface area (Å²) in [7, 11) is 0. The monoisotopic (exact) mass is 353 g/mol. The van der Waals surface area contributed by atoms with Gasteiger partial charge in [-0.1, -0.05) is 29.0 Å². The lowest BCUT2D eigenvalue weighted by Gasteiger charge is -2.01. The molecule has 0 radical (unpaired) electrons. The molecule has 8 heteroatoms. The summed E-state index contributed by atoms with van der Waals surface area (Å²) in [6, 6.07) is 7.80. The third-order valence-electron chi connectivity index (χ3n) is 3.29. The van der Waals surface area contributed by atoms with Crippen molar-refractivity contribution in [1.29, 1.82) is 0 Å². The van der Waals surface area contributed by atoms with E-state index < -0.39 is 11.1 Å². The summed E-state index contributed by atoms with van der Waals surface area (Å²) >= 11 is 0.587. The number of halogens is 3. The van der Waals surface area contributed by atoms with Gasteiger partial charge in [0.25, 0.3) is 0 Å². The van der Waals surface area contributed by atoms with E-state index in [4.69, 9.17) is 4.42 Å². The SMILES string of the molecule is Cc1ccc(-c2nc(CCNc3ncc(C(F)(F)F)s3)co2)cc1. The lowest BCUT2D eigenvalue weighted by Crippen LogP contribution is -2.04. The van der Waals surface area contributed by atoms with Crippen LogP contribution in [0.4, 0.5) is 18.3 Å². The fraction of sp³-hybridized carbons (Fsp3) is 0.250. The molecular formula is C16H14F3N3OS. The molecule has 4 nitrogen and oxygen atoms in total. The highest BCUT2D eigenvalue weighted by Gasteiger charge is 2.33. The summed E-state index contributed by atoms with van der Waals surface area (Å²) in [4.78, 5) is 7.39. The van der Waals surface area contributed by atoms with Crippen molar-refractivity contribution in [1.82, 2.24) is 9.97 Å². The molecule has 0 saturated carbocycles. The standard InChI is InChI=1S/C16H14F3N3OS/c1-10-2-4-11(5-3-10)14-22-12(9-23-14)6-7-20-15-21-8-13(24-15)16(17,18)19/h2-5,8-9H,6-7H2,1H3,(H,20,21). The molecule has 0 atom stereocenters. The first kappa shape index (κ1) is 16.5. The second-order valence-electron chi connectivity index (χ2n) is 5.21. The number of nitrogens with one attached hydrogen (secondary N) is 1. The first-order valence-corrected chi connectivity index (χ1v) is 8.02. The fourth-order valence-corrected chi connectivity index (χ4v) is 2.74. The second kappa shape index (κ2) is 6.64. The van der Waals surface area contributed by atoms with Gasteiger partial charge in [-0.3, -0.25) is 0 Å². The van der Waals surface area contributed by atoms with E-state index in [1.807, 2.05) is 31.2 Å². The maximum absolute atomic E-state index is 12.5. The lowest BCUT2D eigenvalue weighted by atomic mass is 10.1. The molecule has 2 aromatic heterocycles. The van der Waals surface area contributed by atoms with Crippen LogP contribution < -0.4 is 5.32 Å². The van der Waals surface area contributed by atoms with Crippen molar-refractivity contribution in [2.45, 2.75) is 19.5 Å². The van der Waals surface area contributed by atoms with Gasteiger partial charge in [0.1, 0.15) is 11.1 Å². The molecule has 3 rings (SSSR count). The van der Waals surface area contributed by atoms with Crippen molar-refractivity contribution in [2.75, 3.05) is 11.9 Å². The number of thiazole rings is 1. The van der Waals surface area contributed by atoms with E-state index in [0.29, 0.717) is 30.2 Å². The summed E-state index contributed by atoms with van der Waals surface area (Å²) in [5.41, 5.74) is 2.76. The van der Waals surface area contributed by atoms with Crippen molar-refractivity contribution < 1.29 is 17.6 Å². The molecule has 1 aromatic carbocycles. The van der Waals surface area contributed by atoms with Crippen LogP contribution in [0.15, 0.2) is 41.1 Å². The number of anilines is 1. The lowest BCUT2D eigenvalue weighted by molar-refractivity contribution is -0.134. The summed E-state index contributed by atoms with van der Waals surface area (Å²) in [6.07, 6.45) is -1.44. The Morgan fingerprint density at radius 2 is 1.96 bits per heavy atom. The third-order valence-corrected chi connectivity index (χ3v) is 4.29. The van der Waals surface area contributed by atoms with Crippen molar-refractivity contribution in [2.24, 2.45) is 0 Å². The number of alkyl halides is 3. The zero-order valence-electron chi connectivity index (χ0n) is 12.7. The molecule has 0 aliphatic carbocycles. The first-order chi connectivity index (χ1) is 11.4. The number of nitrogens with zero attached hydrogens (tertiary/aromatic N) is 2. The predicted molar refractivity (Wildman–Crippen MR) is 86.0 cm³/mol. The summed E-state index contributed by atoms with van der Waals surface area (Å²) in [5.74, 6) is 0.526. The van der Waals surface area contributed by atoms with Gasteiger partial charge in [-0.15, -0.1) is 0 Å². The number of hydrogen-bond donors (Lipinski definition) is 1. The minimum absolute atomic E-state index is 0.240. The molecule has 2 heterocycles. The Balaban J connectivity index is 1.56. The maximum Gasteiger partial charge on any atom is 0.427 e. The van der Waals surface area contributed by atoms with Crippen molar-refractivity contribution >= 4 is 16.5 Å². The van der Waals surface area contributed by atoms with Gasteiger partial charge < -0.3 is 9.73 Å². The summed E-state index contributed by atoms with van der Waals surface area (Å²) < 4.78 is 42.9. The fourth-order valence-electron chi connectivity index (χ4n) is 2.03. The molecule has 0 fully saturated rings. The minimum Gasteiger partial charge on any atom is -0.444 e. The third kappa shape index (κ3) is 3.94. The van der Waals surface area contributed by atoms with Gasteiger partial charge in [0.05, 0.1) is 11.9 Å². The Morgan fingerprint density at radius 1 is 1.21 bits per heavy atom. The van der Waals surface area contributed by atoms with Gasteiger partial charge in [-0.25, -0.2) is 9.97 Å². The normalized spacial score (nSPS) is 11.7. The van der Waals surface area contributed by atoms with Gasteiger partial charge in [0.15, 0.2) is 5.13 Å². The molecule has 1 N–H and O–H groups in total. The molecule has 0 unspecified atom stereocenters. The van der Waals surface area contributed by atoms with Crippen molar-refractivity contribution in [3.05, 3.63) is 52.9 Å². The van der Waals surface area contributed by atoms with Crippen LogP contribution in [0, 0.1) is 6.92 Å². The molecule has 0 aliphatic rings. The number of aryl methyl sites for hydroxylation is 1. The van der Waals surface area contributed by atoms with Gasteiger partial charge in [0.2, 0.25) is 5.89 Å². The van der Waals surface area contributed by atoms with Gasteiger partial charge in [-0.2, -0.15) is 13.2 Å². The highest BCUT2D eigenvalue weighted by atomic mass is 32.1. The molecule has 0 saturated heterocycles. The highest BCUT2D eigenvalue weighted by Crippen LogP contribution is 2.34. The Kier molecular flexibility index (Phi) is 4.57. The van der Waals surface area contributed by atoms with E-state index in [1.165, 1.54) is 0 Å². The van der Waals surface area contributed by atoms with Gasteiger partial charge in [0, 0.05) is 18.5 Å². The average molecular weight is 353 g/mol. The molecular weight excluding hydrogens is 339 g/mol.